The maximum atomic E-state index is 12.9. The molecule has 0 saturated carbocycles. The number of unbranched alkanes of at least 4 members (excludes halogenated alkanes) is 21. The summed E-state index contributed by atoms with van der Waals surface area (Å²) in [5.41, 5.74) is 0. The number of allylic oxidation sites excluding steroid dienone is 20. The second-order valence-electron chi connectivity index (χ2n) is 19.1. The third-order valence-corrected chi connectivity index (χ3v) is 12.2. The molecule has 0 aromatic rings. The van der Waals surface area contributed by atoms with Crippen molar-refractivity contribution in [3.63, 3.8) is 0 Å². The van der Waals surface area contributed by atoms with E-state index < -0.39 is 6.10 Å². The maximum Gasteiger partial charge on any atom is 0.306 e. The SMILES string of the molecule is CC/C=C\C/C=C\C/C=C\C/C=C\CCCCCCCCCCCCC(=O)OCC(COC(=O)CCCC/C=C\C/C=C\C/C=C\C/C=C\CC)OC(=O)CCCCCCC/C=C\C/C=C\CCCCCC. The van der Waals surface area contributed by atoms with Crippen LogP contribution in [0.2, 0.25) is 0 Å². The van der Waals surface area contributed by atoms with Gasteiger partial charge in [0.25, 0.3) is 0 Å². The molecule has 72 heavy (non-hydrogen) atoms. The van der Waals surface area contributed by atoms with Gasteiger partial charge < -0.3 is 14.2 Å². The van der Waals surface area contributed by atoms with Crippen LogP contribution in [0, 0.1) is 0 Å². The molecule has 0 aliphatic heterocycles. The molecule has 1 unspecified atom stereocenters. The van der Waals surface area contributed by atoms with Crippen LogP contribution in [-0.4, -0.2) is 37.2 Å². The molecule has 0 N–H and O–H groups in total. The highest BCUT2D eigenvalue weighted by Crippen LogP contribution is 2.14. The predicted molar refractivity (Wildman–Crippen MR) is 311 cm³/mol. The lowest BCUT2D eigenvalue weighted by Crippen LogP contribution is -2.30. The molecule has 0 fully saturated rings. The Bertz CT molecular complexity index is 1520. The van der Waals surface area contributed by atoms with E-state index in [1.807, 2.05) is 0 Å². The van der Waals surface area contributed by atoms with Crippen LogP contribution >= 0.6 is 0 Å². The summed E-state index contributed by atoms with van der Waals surface area (Å²) in [7, 11) is 0. The molecule has 0 bridgehead atoms. The van der Waals surface area contributed by atoms with Gasteiger partial charge in [-0.05, 0) is 128 Å². The average Bonchev–Trinajstić information content (AvgIpc) is 3.38. The van der Waals surface area contributed by atoms with Crippen molar-refractivity contribution < 1.29 is 28.6 Å². The van der Waals surface area contributed by atoms with E-state index in [-0.39, 0.29) is 31.1 Å². The Hall–Kier alpha value is -4.19. The van der Waals surface area contributed by atoms with Crippen molar-refractivity contribution in [2.75, 3.05) is 13.2 Å². The zero-order valence-electron chi connectivity index (χ0n) is 46.7. The van der Waals surface area contributed by atoms with Gasteiger partial charge in [0.05, 0.1) is 0 Å². The molecular weight excluding hydrogens is 889 g/mol. The van der Waals surface area contributed by atoms with Crippen LogP contribution in [0.1, 0.15) is 258 Å². The molecule has 0 aliphatic rings. The quantitative estimate of drug-likeness (QED) is 0.0261. The van der Waals surface area contributed by atoms with E-state index in [1.165, 1.54) is 83.5 Å². The number of esters is 3. The van der Waals surface area contributed by atoms with Crippen molar-refractivity contribution in [3.8, 4) is 0 Å². The van der Waals surface area contributed by atoms with Gasteiger partial charge in [-0.25, -0.2) is 0 Å². The van der Waals surface area contributed by atoms with Crippen molar-refractivity contribution in [2.24, 2.45) is 0 Å². The van der Waals surface area contributed by atoms with Gasteiger partial charge in [0, 0.05) is 19.3 Å². The number of hydrogen-bond donors (Lipinski definition) is 0. The van der Waals surface area contributed by atoms with E-state index in [0.29, 0.717) is 19.3 Å². The summed E-state index contributed by atoms with van der Waals surface area (Å²) >= 11 is 0. The average molecular weight is 998 g/mol. The lowest BCUT2D eigenvalue weighted by atomic mass is 10.1. The molecule has 1 atom stereocenters. The Morgan fingerprint density at radius 2 is 0.542 bits per heavy atom. The zero-order chi connectivity index (χ0) is 52.2. The largest absolute Gasteiger partial charge is 0.462 e. The predicted octanol–water partition coefficient (Wildman–Crippen LogP) is 20.0. The summed E-state index contributed by atoms with van der Waals surface area (Å²) in [5, 5.41) is 0. The minimum absolute atomic E-state index is 0.102. The molecule has 0 radical (unpaired) electrons. The fourth-order valence-corrected chi connectivity index (χ4v) is 7.81. The van der Waals surface area contributed by atoms with E-state index in [9.17, 15) is 14.4 Å². The molecule has 6 nitrogen and oxygen atoms in total. The fourth-order valence-electron chi connectivity index (χ4n) is 7.81. The number of rotatable bonds is 52. The normalized spacial score (nSPS) is 13.0. The maximum absolute atomic E-state index is 12.9. The summed E-state index contributed by atoms with van der Waals surface area (Å²) in [5.74, 6) is -0.963. The molecule has 408 valence electrons. The molecule has 6 heteroatoms. The number of ether oxygens (including phenoxy) is 3. The Balaban J connectivity index is 4.43. The smallest absolute Gasteiger partial charge is 0.306 e. The van der Waals surface area contributed by atoms with Crippen molar-refractivity contribution in [3.05, 3.63) is 122 Å². The first-order chi connectivity index (χ1) is 35.5. The monoisotopic (exact) mass is 997 g/mol. The second kappa shape index (κ2) is 59.4. The Morgan fingerprint density at radius 1 is 0.292 bits per heavy atom. The van der Waals surface area contributed by atoms with Crippen LogP contribution in [0.15, 0.2) is 122 Å². The third kappa shape index (κ3) is 56.7. The Labute approximate surface area is 443 Å². The second-order valence-corrected chi connectivity index (χ2v) is 19.1. The fraction of sp³-hybridized carbons (Fsp3) is 0.652. The van der Waals surface area contributed by atoms with Crippen LogP contribution in [0.25, 0.3) is 0 Å². The van der Waals surface area contributed by atoms with Crippen LogP contribution in [0.3, 0.4) is 0 Å². The van der Waals surface area contributed by atoms with Crippen LogP contribution in [-0.2, 0) is 28.6 Å². The van der Waals surface area contributed by atoms with Gasteiger partial charge in [-0.3, -0.25) is 14.4 Å². The van der Waals surface area contributed by atoms with E-state index in [1.54, 1.807) is 0 Å². The Morgan fingerprint density at radius 3 is 0.875 bits per heavy atom. The summed E-state index contributed by atoms with van der Waals surface area (Å²) in [4.78, 5) is 38.2. The molecule has 0 amide bonds. The Kier molecular flexibility index (Phi) is 55.9. The zero-order valence-corrected chi connectivity index (χ0v) is 46.7. The van der Waals surface area contributed by atoms with Gasteiger partial charge in [-0.15, -0.1) is 0 Å². The van der Waals surface area contributed by atoms with Gasteiger partial charge in [0.2, 0.25) is 0 Å². The lowest BCUT2D eigenvalue weighted by molar-refractivity contribution is -0.167. The van der Waals surface area contributed by atoms with Gasteiger partial charge in [0.1, 0.15) is 13.2 Å². The number of carbonyl (C=O) groups excluding carboxylic acids is 3. The van der Waals surface area contributed by atoms with Gasteiger partial charge >= 0.3 is 17.9 Å². The molecule has 0 spiro atoms. The molecule has 0 rings (SSSR count). The topological polar surface area (TPSA) is 78.9 Å². The molecular formula is C66H108O6. The van der Waals surface area contributed by atoms with E-state index in [0.717, 1.165) is 135 Å². The number of hydrogen-bond acceptors (Lipinski definition) is 6. The van der Waals surface area contributed by atoms with E-state index in [4.69, 9.17) is 14.2 Å². The standard InChI is InChI=1S/C66H108O6/c1-4-7-10-13-16-19-22-25-28-30-31-32-33-34-35-36-39-41-44-47-50-53-56-59-65(68)71-62-63(61-70-64(67)58-55-52-49-46-43-40-37-27-24-21-18-15-12-9-6-3)72-66(69)60-57-54-51-48-45-42-38-29-26-23-20-17-14-11-8-5-2/h7,9-10,12,16,18-21,23,25,27-29,31-32,37-38,43,46,63H,4-6,8,11,13-15,17,22,24,26,30,33-36,39-42,44-45,47-62H2,1-3H3/b10-7-,12-9-,19-16-,21-18-,23-20-,28-25-,32-31-,37-27-,38-29-,46-43-. The van der Waals surface area contributed by atoms with Gasteiger partial charge in [-0.1, -0.05) is 232 Å². The van der Waals surface area contributed by atoms with Gasteiger partial charge in [-0.2, -0.15) is 0 Å². The van der Waals surface area contributed by atoms with Crippen molar-refractivity contribution in [1.82, 2.24) is 0 Å². The third-order valence-electron chi connectivity index (χ3n) is 12.2. The van der Waals surface area contributed by atoms with Gasteiger partial charge in [0.15, 0.2) is 6.10 Å². The van der Waals surface area contributed by atoms with E-state index >= 15 is 0 Å². The minimum atomic E-state index is -0.808. The molecule has 0 aliphatic carbocycles. The van der Waals surface area contributed by atoms with Crippen molar-refractivity contribution in [2.45, 2.75) is 264 Å². The summed E-state index contributed by atoms with van der Waals surface area (Å²) < 4.78 is 16.8. The van der Waals surface area contributed by atoms with Crippen molar-refractivity contribution >= 4 is 17.9 Å². The lowest BCUT2D eigenvalue weighted by Gasteiger charge is -2.18. The number of carbonyl (C=O) groups is 3. The van der Waals surface area contributed by atoms with Crippen LogP contribution in [0.5, 0.6) is 0 Å². The minimum Gasteiger partial charge on any atom is -0.462 e. The first kappa shape index (κ1) is 67.8. The first-order valence-corrected chi connectivity index (χ1v) is 29.5. The van der Waals surface area contributed by atoms with Crippen molar-refractivity contribution in [1.29, 1.82) is 0 Å². The van der Waals surface area contributed by atoms with Crippen LogP contribution < -0.4 is 0 Å². The molecule has 0 aromatic heterocycles. The molecule has 0 aromatic carbocycles. The molecule has 0 heterocycles. The molecule has 0 saturated heterocycles. The highest BCUT2D eigenvalue weighted by Gasteiger charge is 2.19. The summed E-state index contributed by atoms with van der Waals surface area (Å²) in [6.07, 6.45) is 81.9. The summed E-state index contributed by atoms with van der Waals surface area (Å²) in [6.45, 7) is 6.35. The first-order valence-electron chi connectivity index (χ1n) is 29.5. The highest BCUT2D eigenvalue weighted by atomic mass is 16.6. The van der Waals surface area contributed by atoms with E-state index in [2.05, 4.69) is 142 Å². The summed E-state index contributed by atoms with van der Waals surface area (Å²) in [6, 6.07) is 0. The van der Waals surface area contributed by atoms with Crippen LogP contribution in [0.4, 0.5) is 0 Å². The highest BCUT2D eigenvalue weighted by molar-refractivity contribution is 5.71.